The third kappa shape index (κ3) is 4.36. The van der Waals surface area contributed by atoms with Crippen LogP contribution in [-0.2, 0) is 4.79 Å². The number of rotatable bonds is 4. The standard InChI is InChI=1S/C19H19IN2O2/c20-17-3-1-2-4-18(17)21-19(24)13-22-11-9-15(10-12-22)14-5-7-16(23)8-6-14/h1-9,23H,10-13H2,(H,21,24). The van der Waals surface area contributed by atoms with Gasteiger partial charge in [-0.1, -0.05) is 30.3 Å². The molecule has 5 heteroatoms. The molecule has 0 atom stereocenters. The lowest BCUT2D eigenvalue weighted by Gasteiger charge is -2.26. The molecule has 24 heavy (non-hydrogen) atoms. The second kappa shape index (κ2) is 7.81. The highest BCUT2D eigenvalue weighted by molar-refractivity contribution is 14.1. The molecule has 0 saturated carbocycles. The lowest BCUT2D eigenvalue weighted by atomic mass is 9.99. The molecular formula is C19H19IN2O2. The number of phenolic OH excluding ortho intramolecular Hbond substituents is 1. The summed E-state index contributed by atoms with van der Waals surface area (Å²) in [6.45, 7) is 2.01. The van der Waals surface area contributed by atoms with Crippen LogP contribution in [0.3, 0.4) is 0 Å². The zero-order chi connectivity index (χ0) is 16.9. The molecule has 2 aromatic carbocycles. The molecule has 2 N–H and O–H groups in total. The van der Waals surface area contributed by atoms with E-state index in [0.29, 0.717) is 6.54 Å². The predicted octanol–water partition coefficient (Wildman–Crippen LogP) is 3.72. The van der Waals surface area contributed by atoms with Crippen molar-refractivity contribution in [3.63, 3.8) is 0 Å². The van der Waals surface area contributed by atoms with Gasteiger partial charge in [-0.2, -0.15) is 0 Å². The van der Waals surface area contributed by atoms with E-state index in [-0.39, 0.29) is 11.7 Å². The van der Waals surface area contributed by atoms with Gasteiger partial charge in [-0.25, -0.2) is 0 Å². The van der Waals surface area contributed by atoms with Crippen LogP contribution >= 0.6 is 22.6 Å². The van der Waals surface area contributed by atoms with E-state index in [2.05, 4.69) is 38.9 Å². The fourth-order valence-corrected chi connectivity index (χ4v) is 3.27. The van der Waals surface area contributed by atoms with Crippen molar-refractivity contribution in [3.05, 3.63) is 63.7 Å². The van der Waals surface area contributed by atoms with E-state index < -0.39 is 0 Å². The van der Waals surface area contributed by atoms with Crippen LogP contribution in [0.1, 0.15) is 12.0 Å². The molecule has 1 aliphatic heterocycles. The summed E-state index contributed by atoms with van der Waals surface area (Å²) in [7, 11) is 0. The Morgan fingerprint density at radius 3 is 2.58 bits per heavy atom. The second-order valence-electron chi connectivity index (χ2n) is 5.79. The highest BCUT2D eigenvalue weighted by Crippen LogP contribution is 2.24. The maximum atomic E-state index is 12.2. The molecule has 0 saturated heterocycles. The molecule has 0 radical (unpaired) electrons. The molecular weight excluding hydrogens is 415 g/mol. The Bertz CT molecular complexity index is 756. The van der Waals surface area contributed by atoms with E-state index in [0.717, 1.165) is 34.3 Å². The van der Waals surface area contributed by atoms with E-state index >= 15 is 0 Å². The number of phenols is 1. The number of hydrogen-bond acceptors (Lipinski definition) is 3. The van der Waals surface area contributed by atoms with Crippen LogP contribution < -0.4 is 5.32 Å². The van der Waals surface area contributed by atoms with Gasteiger partial charge in [0.1, 0.15) is 5.75 Å². The van der Waals surface area contributed by atoms with Crippen LogP contribution in [0, 0.1) is 3.57 Å². The minimum atomic E-state index is 0.0144. The Hall–Kier alpha value is -1.86. The first-order chi connectivity index (χ1) is 11.6. The summed E-state index contributed by atoms with van der Waals surface area (Å²) in [4.78, 5) is 14.4. The minimum Gasteiger partial charge on any atom is -0.508 e. The van der Waals surface area contributed by atoms with Gasteiger partial charge < -0.3 is 10.4 Å². The van der Waals surface area contributed by atoms with Crippen molar-refractivity contribution in [3.8, 4) is 5.75 Å². The lowest BCUT2D eigenvalue weighted by Crippen LogP contribution is -2.36. The Morgan fingerprint density at radius 1 is 1.17 bits per heavy atom. The summed E-state index contributed by atoms with van der Waals surface area (Å²) in [5.41, 5.74) is 3.26. The largest absolute Gasteiger partial charge is 0.508 e. The quantitative estimate of drug-likeness (QED) is 0.722. The predicted molar refractivity (Wildman–Crippen MR) is 105 cm³/mol. The number of benzene rings is 2. The van der Waals surface area contributed by atoms with Crippen molar-refractivity contribution in [1.82, 2.24) is 4.90 Å². The Labute approximate surface area is 155 Å². The summed E-state index contributed by atoms with van der Waals surface area (Å²) in [5.74, 6) is 0.296. The van der Waals surface area contributed by atoms with Crippen LogP contribution in [0.5, 0.6) is 5.75 Å². The van der Waals surface area contributed by atoms with Crippen molar-refractivity contribution in [1.29, 1.82) is 0 Å². The Kier molecular flexibility index (Phi) is 5.52. The zero-order valence-corrected chi connectivity index (χ0v) is 15.4. The summed E-state index contributed by atoms with van der Waals surface area (Å²) in [5, 5.41) is 12.3. The molecule has 1 amide bonds. The van der Waals surface area contributed by atoms with Gasteiger partial charge in [0.25, 0.3) is 0 Å². The van der Waals surface area contributed by atoms with Crippen molar-refractivity contribution in [2.75, 3.05) is 25.0 Å². The number of para-hydroxylation sites is 1. The summed E-state index contributed by atoms with van der Waals surface area (Å²) in [6.07, 6.45) is 3.07. The van der Waals surface area contributed by atoms with Gasteiger partial charge in [0.2, 0.25) is 5.91 Å². The van der Waals surface area contributed by atoms with Crippen molar-refractivity contribution in [2.45, 2.75) is 6.42 Å². The Balaban J connectivity index is 1.56. The molecule has 0 spiro atoms. The topological polar surface area (TPSA) is 52.6 Å². The average Bonchev–Trinajstić information content (AvgIpc) is 2.58. The highest BCUT2D eigenvalue weighted by atomic mass is 127. The fraction of sp³-hybridized carbons (Fsp3) is 0.211. The van der Waals surface area contributed by atoms with Crippen molar-refractivity contribution in [2.24, 2.45) is 0 Å². The summed E-state index contributed by atoms with van der Waals surface area (Å²) < 4.78 is 1.04. The maximum absolute atomic E-state index is 12.2. The van der Waals surface area contributed by atoms with Gasteiger partial charge in [0.15, 0.2) is 0 Å². The van der Waals surface area contributed by atoms with Gasteiger partial charge >= 0.3 is 0 Å². The van der Waals surface area contributed by atoms with Crippen LogP contribution in [0.2, 0.25) is 0 Å². The molecule has 0 bridgehead atoms. The van der Waals surface area contributed by atoms with Crippen molar-refractivity contribution < 1.29 is 9.90 Å². The number of aromatic hydroxyl groups is 1. The van der Waals surface area contributed by atoms with Gasteiger partial charge in [-0.15, -0.1) is 0 Å². The van der Waals surface area contributed by atoms with Crippen LogP contribution in [0.25, 0.3) is 5.57 Å². The maximum Gasteiger partial charge on any atom is 0.238 e. The van der Waals surface area contributed by atoms with E-state index in [1.54, 1.807) is 12.1 Å². The number of nitrogens with one attached hydrogen (secondary N) is 1. The van der Waals surface area contributed by atoms with Gasteiger partial charge in [0, 0.05) is 16.7 Å². The second-order valence-corrected chi connectivity index (χ2v) is 6.95. The number of halogens is 1. The molecule has 0 fully saturated rings. The molecule has 1 aliphatic rings. The number of carbonyl (C=O) groups is 1. The van der Waals surface area contributed by atoms with E-state index in [4.69, 9.17) is 0 Å². The molecule has 2 aromatic rings. The van der Waals surface area contributed by atoms with Crippen LogP contribution in [0.4, 0.5) is 5.69 Å². The first-order valence-corrected chi connectivity index (χ1v) is 8.95. The van der Waals surface area contributed by atoms with Gasteiger partial charge in [-0.05, 0) is 64.4 Å². The van der Waals surface area contributed by atoms with Gasteiger partial charge in [0.05, 0.1) is 12.2 Å². The molecule has 124 valence electrons. The lowest BCUT2D eigenvalue weighted by molar-refractivity contribution is -0.117. The molecule has 0 aromatic heterocycles. The number of anilines is 1. The zero-order valence-electron chi connectivity index (χ0n) is 13.2. The molecule has 3 rings (SSSR count). The van der Waals surface area contributed by atoms with E-state index in [9.17, 15) is 9.90 Å². The van der Waals surface area contributed by atoms with Crippen LogP contribution in [0.15, 0.2) is 54.6 Å². The first-order valence-electron chi connectivity index (χ1n) is 7.87. The molecule has 1 heterocycles. The number of hydrogen-bond donors (Lipinski definition) is 2. The normalized spacial score (nSPS) is 15.0. The minimum absolute atomic E-state index is 0.0144. The van der Waals surface area contributed by atoms with Crippen molar-refractivity contribution >= 4 is 39.8 Å². The average molecular weight is 434 g/mol. The van der Waals surface area contributed by atoms with Crippen LogP contribution in [-0.4, -0.2) is 35.5 Å². The SMILES string of the molecule is O=C(CN1CC=C(c2ccc(O)cc2)CC1)Nc1ccccc1I. The molecule has 0 unspecified atom stereocenters. The highest BCUT2D eigenvalue weighted by Gasteiger charge is 2.16. The smallest absolute Gasteiger partial charge is 0.238 e. The fourth-order valence-electron chi connectivity index (χ4n) is 2.75. The first kappa shape index (κ1) is 17.0. The Morgan fingerprint density at radius 2 is 1.92 bits per heavy atom. The summed E-state index contributed by atoms with van der Waals surface area (Å²) in [6, 6.07) is 15.0. The van der Waals surface area contributed by atoms with Gasteiger partial charge in [-0.3, -0.25) is 9.69 Å². The number of nitrogens with zero attached hydrogens (tertiary/aromatic N) is 1. The third-order valence-electron chi connectivity index (χ3n) is 4.05. The molecule has 4 nitrogen and oxygen atoms in total. The number of carbonyl (C=O) groups excluding carboxylic acids is 1. The van der Waals surface area contributed by atoms with E-state index in [1.807, 2.05) is 36.4 Å². The summed E-state index contributed by atoms with van der Waals surface area (Å²) >= 11 is 2.22. The van der Waals surface area contributed by atoms with E-state index in [1.165, 1.54) is 5.57 Å². The monoisotopic (exact) mass is 434 g/mol. The molecule has 0 aliphatic carbocycles. The third-order valence-corrected chi connectivity index (χ3v) is 4.99. The number of amides is 1.